The fourth-order valence-electron chi connectivity index (χ4n) is 4.32. The lowest BCUT2D eigenvalue weighted by atomic mass is 9.99. The molecule has 0 saturated carbocycles. The predicted octanol–water partition coefficient (Wildman–Crippen LogP) is 1.80. The summed E-state index contributed by atoms with van der Waals surface area (Å²) in [5.74, 6) is -0.633. The number of hydrogen-bond donors (Lipinski definition) is 4. The molecule has 1 aliphatic rings. The van der Waals surface area contributed by atoms with Crippen molar-refractivity contribution in [3.63, 3.8) is 0 Å². The van der Waals surface area contributed by atoms with Crippen molar-refractivity contribution in [3.05, 3.63) is 53.9 Å². The molecule has 2 unspecified atom stereocenters. The Bertz CT molecular complexity index is 994. The number of amides is 2. The number of ether oxygens (including phenoxy) is 1. The zero-order valence-electron chi connectivity index (χ0n) is 20.9. The van der Waals surface area contributed by atoms with Crippen LogP contribution in [0.3, 0.4) is 0 Å². The highest BCUT2D eigenvalue weighted by Crippen LogP contribution is 2.24. The number of aliphatic hydroxyl groups is 2. The van der Waals surface area contributed by atoms with Crippen LogP contribution in [0.5, 0.6) is 0 Å². The van der Waals surface area contributed by atoms with Crippen LogP contribution in [0.15, 0.2) is 42.6 Å². The van der Waals surface area contributed by atoms with Gasteiger partial charge in [-0.2, -0.15) is 0 Å². The molecule has 1 aromatic heterocycles. The van der Waals surface area contributed by atoms with E-state index in [1.807, 2.05) is 18.9 Å². The van der Waals surface area contributed by atoms with E-state index in [0.717, 1.165) is 17.5 Å². The minimum Gasteiger partial charge on any atom is -0.386 e. The van der Waals surface area contributed by atoms with Crippen molar-refractivity contribution in [2.45, 2.75) is 56.8 Å². The van der Waals surface area contributed by atoms with Crippen LogP contribution in [0.2, 0.25) is 0 Å². The van der Waals surface area contributed by atoms with Gasteiger partial charge in [0.05, 0.1) is 12.1 Å². The molecule has 1 aliphatic heterocycles. The van der Waals surface area contributed by atoms with Crippen LogP contribution in [-0.4, -0.2) is 83.7 Å². The number of carbonyl (C=O) groups excluding carboxylic acids is 2. The predicted molar refractivity (Wildman–Crippen MR) is 133 cm³/mol. The second-order valence-electron chi connectivity index (χ2n) is 9.16. The number of pyridine rings is 1. The van der Waals surface area contributed by atoms with Crippen LogP contribution >= 0.6 is 0 Å². The van der Waals surface area contributed by atoms with Crippen LogP contribution < -0.4 is 10.6 Å². The SMILES string of the molecule is CNC(=O)c1ccc(-c2ccc([C@@H](O)[C@@H](CF)NC(=O)CCN(C)C3CC(O)O[C@H](C)C3)cc2)cn1. The van der Waals surface area contributed by atoms with Gasteiger partial charge in [-0.15, -0.1) is 0 Å². The van der Waals surface area contributed by atoms with E-state index in [4.69, 9.17) is 4.74 Å². The van der Waals surface area contributed by atoms with Crippen LogP contribution in [-0.2, 0) is 9.53 Å². The van der Waals surface area contributed by atoms with E-state index in [1.165, 1.54) is 7.05 Å². The Labute approximate surface area is 210 Å². The molecular weight excluding hydrogens is 467 g/mol. The number of benzene rings is 1. The lowest BCUT2D eigenvalue weighted by molar-refractivity contribution is -0.173. The molecule has 2 amide bonds. The first-order valence-electron chi connectivity index (χ1n) is 12.1. The molecule has 2 aromatic rings. The van der Waals surface area contributed by atoms with E-state index < -0.39 is 25.1 Å². The zero-order valence-corrected chi connectivity index (χ0v) is 20.9. The lowest BCUT2D eigenvalue weighted by Gasteiger charge is -2.36. The normalized spacial score (nSPS) is 21.6. The molecule has 0 spiro atoms. The summed E-state index contributed by atoms with van der Waals surface area (Å²) in [5.41, 5.74) is 2.38. The Morgan fingerprint density at radius 1 is 1.19 bits per heavy atom. The van der Waals surface area contributed by atoms with Crippen molar-refractivity contribution in [2.24, 2.45) is 0 Å². The summed E-state index contributed by atoms with van der Waals surface area (Å²) in [6.07, 6.45) is 0.852. The van der Waals surface area contributed by atoms with Crippen LogP contribution in [0, 0.1) is 0 Å². The maximum absolute atomic E-state index is 13.7. The highest BCUT2D eigenvalue weighted by molar-refractivity contribution is 5.92. The summed E-state index contributed by atoms with van der Waals surface area (Å²) >= 11 is 0. The van der Waals surface area contributed by atoms with Crippen molar-refractivity contribution >= 4 is 11.8 Å². The number of alkyl halides is 1. The molecule has 4 N–H and O–H groups in total. The molecule has 2 heterocycles. The number of aliphatic hydroxyl groups excluding tert-OH is 2. The van der Waals surface area contributed by atoms with E-state index in [0.29, 0.717) is 24.2 Å². The van der Waals surface area contributed by atoms with E-state index in [1.54, 1.807) is 42.6 Å². The Morgan fingerprint density at radius 2 is 1.89 bits per heavy atom. The van der Waals surface area contributed by atoms with Gasteiger partial charge in [-0.25, -0.2) is 4.39 Å². The van der Waals surface area contributed by atoms with Crippen molar-refractivity contribution < 1.29 is 28.9 Å². The van der Waals surface area contributed by atoms with Gasteiger partial charge >= 0.3 is 0 Å². The van der Waals surface area contributed by atoms with Crippen molar-refractivity contribution in [1.29, 1.82) is 0 Å². The number of rotatable bonds is 10. The smallest absolute Gasteiger partial charge is 0.269 e. The van der Waals surface area contributed by atoms with Gasteiger partial charge in [0.15, 0.2) is 6.29 Å². The average molecular weight is 503 g/mol. The molecule has 0 aliphatic carbocycles. The quantitative estimate of drug-likeness (QED) is 0.391. The van der Waals surface area contributed by atoms with Gasteiger partial charge in [-0.1, -0.05) is 30.3 Å². The molecule has 36 heavy (non-hydrogen) atoms. The minimum atomic E-state index is -1.22. The molecule has 9 nitrogen and oxygen atoms in total. The molecule has 196 valence electrons. The summed E-state index contributed by atoms with van der Waals surface area (Å²) in [6, 6.07) is 9.29. The first kappa shape index (κ1) is 27.7. The number of aromatic nitrogens is 1. The largest absolute Gasteiger partial charge is 0.386 e. The molecule has 1 saturated heterocycles. The van der Waals surface area contributed by atoms with Crippen molar-refractivity contribution in [1.82, 2.24) is 20.5 Å². The standard InChI is InChI=1S/C26H35FN4O5/c1-16-12-20(13-24(33)36-16)31(3)11-10-23(32)30-22(14-27)25(34)18-6-4-17(5-7-18)19-8-9-21(29-15-19)26(35)28-2/h4-9,15-16,20,22,24-25,33-34H,10-14H2,1-3H3,(H,28,35)(H,30,32)/t16-,20?,22-,24?,25-/m1/s1. The summed E-state index contributed by atoms with van der Waals surface area (Å²) in [7, 11) is 3.42. The zero-order chi connectivity index (χ0) is 26.2. The van der Waals surface area contributed by atoms with Gasteiger partial charge in [0.25, 0.3) is 5.91 Å². The molecule has 0 bridgehead atoms. The van der Waals surface area contributed by atoms with Crippen LogP contribution in [0.4, 0.5) is 4.39 Å². The lowest BCUT2D eigenvalue weighted by Crippen LogP contribution is -2.45. The Balaban J connectivity index is 1.54. The Hall–Kier alpha value is -2.92. The maximum Gasteiger partial charge on any atom is 0.269 e. The van der Waals surface area contributed by atoms with Gasteiger partial charge in [-0.3, -0.25) is 14.6 Å². The van der Waals surface area contributed by atoms with Gasteiger partial charge < -0.3 is 30.5 Å². The molecule has 10 heteroatoms. The van der Waals surface area contributed by atoms with Gasteiger partial charge in [-0.05, 0) is 37.6 Å². The second kappa shape index (κ2) is 12.9. The third kappa shape index (κ3) is 7.30. The van der Waals surface area contributed by atoms with Crippen molar-refractivity contribution in [2.75, 3.05) is 27.3 Å². The molecule has 5 atom stereocenters. The summed E-state index contributed by atoms with van der Waals surface area (Å²) in [5, 5.41) is 25.6. The minimum absolute atomic E-state index is 0.0642. The van der Waals surface area contributed by atoms with Gasteiger partial charge in [0, 0.05) is 44.2 Å². The van der Waals surface area contributed by atoms with Gasteiger partial charge in [0.1, 0.15) is 18.5 Å². The summed E-state index contributed by atoms with van der Waals surface area (Å²) < 4.78 is 19.1. The Kier molecular flexibility index (Phi) is 9.89. The highest BCUT2D eigenvalue weighted by Gasteiger charge is 2.29. The first-order chi connectivity index (χ1) is 17.2. The molecule has 0 radical (unpaired) electrons. The van der Waals surface area contributed by atoms with Crippen molar-refractivity contribution in [3.8, 4) is 11.1 Å². The van der Waals surface area contributed by atoms with E-state index in [-0.39, 0.29) is 30.4 Å². The fourth-order valence-corrected chi connectivity index (χ4v) is 4.32. The number of hydrogen-bond acceptors (Lipinski definition) is 7. The molecule has 1 aromatic carbocycles. The van der Waals surface area contributed by atoms with Crippen LogP contribution in [0.25, 0.3) is 11.1 Å². The number of nitrogens with zero attached hydrogens (tertiary/aromatic N) is 2. The van der Waals surface area contributed by atoms with E-state index >= 15 is 0 Å². The number of nitrogens with one attached hydrogen (secondary N) is 2. The fraction of sp³-hybridized carbons (Fsp3) is 0.500. The number of carbonyl (C=O) groups is 2. The third-order valence-electron chi connectivity index (χ3n) is 6.48. The van der Waals surface area contributed by atoms with E-state index in [9.17, 15) is 24.2 Å². The second-order valence-corrected chi connectivity index (χ2v) is 9.16. The molecule has 3 rings (SSSR count). The molecule has 1 fully saturated rings. The monoisotopic (exact) mass is 502 g/mol. The van der Waals surface area contributed by atoms with Gasteiger partial charge in [0.2, 0.25) is 5.91 Å². The summed E-state index contributed by atoms with van der Waals surface area (Å²) in [6.45, 7) is 1.42. The first-order valence-corrected chi connectivity index (χ1v) is 12.1. The third-order valence-corrected chi connectivity index (χ3v) is 6.48. The average Bonchev–Trinajstić information content (AvgIpc) is 2.89. The van der Waals surface area contributed by atoms with Crippen LogP contribution in [0.1, 0.15) is 48.3 Å². The molecular formula is C26H35FN4O5. The maximum atomic E-state index is 13.7. The highest BCUT2D eigenvalue weighted by atomic mass is 19.1. The topological polar surface area (TPSA) is 124 Å². The Morgan fingerprint density at radius 3 is 2.47 bits per heavy atom. The van der Waals surface area contributed by atoms with E-state index in [2.05, 4.69) is 15.6 Å². The number of halogens is 1. The summed E-state index contributed by atoms with van der Waals surface area (Å²) in [4.78, 5) is 30.3.